The Kier molecular flexibility index (Phi) is 8.25. The zero-order chi connectivity index (χ0) is 24.6. The van der Waals surface area contributed by atoms with Gasteiger partial charge in [0, 0.05) is 30.9 Å². The number of carbonyl (C=O) groups excluding carboxylic acids is 1. The van der Waals surface area contributed by atoms with Gasteiger partial charge in [0.05, 0.1) is 17.8 Å². The number of carboxylic acid groups (broad SMARTS) is 1. The number of aromatic hydroxyl groups is 1. The molecule has 11 nitrogen and oxygen atoms in total. The quantitative estimate of drug-likeness (QED) is 0.418. The van der Waals surface area contributed by atoms with E-state index < -0.39 is 12.1 Å². The molecule has 14 heteroatoms. The largest absolute Gasteiger partial charge is 0.507 e. The minimum atomic E-state index is -5.08. The number of nitrogens with two attached hydrogens (primary N) is 1. The zero-order valence-electron chi connectivity index (χ0n) is 17.2. The van der Waals surface area contributed by atoms with Crippen LogP contribution in [0, 0.1) is 6.92 Å². The molecule has 0 unspecified atom stereocenters. The normalized spacial score (nSPS) is 10.8. The van der Waals surface area contributed by atoms with Crippen molar-refractivity contribution in [2.45, 2.75) is 26.1 Å². The lowest BCUT2D eigenvalue weighted by atomic mass is 10.2. The maximum Gasteiger partial charge on any atom is 0.490 e. The van der Waals surface area contributed by atoms with Crippen molar-refractivity contribution in [3.05, 3.63) is 59.3 Å². The SMILES string of the molecule is Cc1ncc(Cn2cc(CCNC(=O)c3ccccc3O)nn2)c(N)n1.O=C(O)C(F)(F)F. The average Bonchev–Trinajstić information content (AvgIpc) is 3.17. The number of anilines is 1. The molecule has 3 aromatic rings. The van der Waals surface area contributed by atoms with Gasteiger partial charge in [-0.2, -0.15) is 13.2 Å². The maximum absolute atomic E-state index is 12.0. The Hall–Kier alpha value is -4.23. The van der Waals surface area contributed by atoms with Crippen LogP contribution in [0.2, 0.25) is 0 Å². The van der Waals surface area contributed by atoms with Crippen molar-refractivity contribution < 1.29 is 33.0 Å². The van der Waals surface area contributed by atoms with Crippen LogP contribution in [0.25, 0.3) is 0 Å². The van der Waals surface area contributed by atoms with Crippen molar-refractivity contribution in [2.75, 3.05) is 12.3 Å². The van der Waals surface area contributed by atoms with Crippen LogP contribution >= 0.6 is 0 Å². The Morgan fingerprint density at radius 1 is 1.24 bits per heavy atom. The number of amides is 1. The minimum absolute atomic E-state index is 0.0474. The van der Waals surface area contributed by atoms with E-state index in [-0.39, 0.29) is 17.2 Å². The maximum atomic E-state index is 12.0. The molecule has 0 aliphatic carbocycles. The summed E-state index contributed by atoms with van der Waals surface area (Å²) in [4.78, 5) is 29.2. The third kappa shape index (κ3) is 7.75. The van der Waals surface area contributed by atoms with Gasteiger partial charge >= 0.3 is 12.1 Å². The Balaban J connectivity index is 0.000000479. The first kappa shape index (κ1) is 25.0. The van der Waals surface area contributed by atoms with E-state index in [0.29, 0.717) is 31.2 Å². The number of aryl methyl sites for hydroxylation is 1. The molecule has 0 spiro atoms. The number of para-hydroxylation sites is 1. The summed E-state index contributed by atoms with van der Waals surface area (Å²) in [6.07, 6.45) is -1.11. The number of aliphatic carboxylic acids is 1. The number of carbonyl (C=O) groups is 2. The van der Waals surface area contributed by atoms with E-state index in [1.807, 2.05) is 0 Å². The second-order valence-electron chi connectivity index (χ2n) is 6.56. The zero-order valence-corrected chi connectivity index (χ0v) is 17.2. The third-order valence-corrected chi connectivity index (χ3v) is 3.99. The first-order valence-corrected chi connectivity index (χ1v) is 9.30. The molecule has 3 rings (SSSR count). The molecule has 2 aromatic heterocycles. The van der Waals surface area contributed by atoms with Gasteiger partial charge in [0.1, 0.15) is 17.4 Å². The molecule has 176 valence electrons. The molecule has 2 heterocycles. The van der Waals surface area contributed by atoms with Gasteiger partial charge in [-0.25, -0.2) is 19.4 Å². The minimum Gasteiger partial charge on any atom is -0.507 e. The first-order chi connectivity index (χ1) is 15.5. The van der Waals surface area contributed by atoms with Crippen LogP contribution in [-0.4, -0.2) is 59.8 Å². The number of aromatic nitrogens is 5. The predicted molar refractivity (Wildman–Crippen MR) is 108 cm³/mol. The van der Waals surface area contributed by atoms with Crippen LogP contribution < -0.4 is 11.1 Å². The third-order valence-electron chi connectivity index (χ3n) is 3.99. The summed E-state index contributed by atoms with van der Waals surface area (Å²) in [6, 6.07) is 6.40. The molecule has 1 amide bonds. The lowest BCUT2D eigenvalue weighted by Gasteiger charge is -2.05. The fourth-order valence-electron chi connectivity index (χ4n) is 2.40. The van der Waals surface area contributed by atoms with Crippen LogP contribution in [0.3, 0.4) is 0 Å². The highest BCUT2D eigenvalue weighted by Crippen LogP contribution is 2.15. The molecule has 0 aliphatic rings. The van der Waals surface area contributed by atoms with E-state index in [1.54, 1.807) is 42.2 Å². The fraction of sp³-hybridized carbons (Fsp3) is 0.263. The second-order valence-corrected chi connectivity index (χ2v) is 6.56. The number of phenols is 1. The van der Waals surface area contributed by atoms with Crippen LogP contribution in [0.4, 0.5) is 19.0 Å². The molecular weight excluding hydrogens is 447 g/mol. The van der Waals surface area contributed by atoms with Crippen molar-refractivity contribution in [2.24, 2.45) is 0 Å². The van der Waals surface area contributed by atoms with E-state index in [2.05, 4.69) is 25.6 Å². The summed E-state index contributed by atoms with van der Waals surface area (Å²) in [7, 11) is 0. The molecular formula is C19H20F3N7O4. The number of rotatable bonds is 6. The fourth-order valence-corrected chi connectivity index (χ4v) is 2.40. The van der Waals surface area contributed by atoms with Crippen molar-refractivity contribution in [1.29, 1.82) is 0 Å². The molecule has 0 bridgehead atoms. The van der Waals surface area contributed by atoms with Crippen LogP contribution in [-0.2, 0) is 17.8 Å². The number of nitrogens with one attached hydrogen (secondary N) is 1. The molecule has 0 saturated heterocycles. The topological polar surface area (TPSA) is 169 Å². The average molecular weight is 467 g/mol. The lowest BCUT2D eigenvalue weighted by molar-refractivity contribution is -0.192. The Labute approximate surface area is 185 Å². The second kappa shape index (κ2) is 10.9. The lowest BCUT2D eigenvalue weighted by Crippen LogP contribution is -2.25. The summed E-state index contributed by atoms with van der Waals surface area (Å²) < 4.78 is 33.4. The van der Waals surface area contributed by atoms with Gasteiger partial charge < -0.3 is 21.3 Å². The number of halogens is 3. The van der Waals surface area contributed by atoms with E-state index in [0.717, 1.165) is 11.3 Å². The first-order valence-electron chi connectivity index (χ1n) is 9.30. The van der Waals surface area contributed by atoms with Crippen LogP contribution in [0.5, 0.6) is 5.75 Å². The van der Waals surface area contributed by atoms with Gasteiger partial charge in [0.25, 0.3) is 5.91 Å². The highest BCUT2D eigenvalue weighted by atomic mass is 19.4. The summed E-state index contributed by atoms with van der Waals surface area (Å²) >= 11 is 0. The number of nitrogens with zero attached hydrogens (tertiary/aromatic N) is 5. The van der Waals surface area contributed by atoms with Crippen LogP contribution in [0.15, 0.2) is 36.7 Å². The van der Waals surface area contributed by atoms with Crippen molar-refractivity contribution >= 4 is 17.7 Å². The monoisotopic (exact) mass is 467 g/mol. The number of hydrogen-bond donors (Lipinski definition) is 4. The summed E-state index contributed by atoms with van der Waals surface area (Å²) in [5.41, 5.74) is 7.61. The number of hydrogen-bond acceptors (Lipinski definition) is 8. The van der Waals surface area contributed by atoms with E-state index in [9.17, 15) is 23.1 Å². The highest BCUT2D eigenvalue weighted by Gasteiger charge is 2.38. The summed E-state index contributed by atoms with van der Waals surface area (Å²) in [5, 5.41) is 27.7. The molecule has 0 saturated carbocycles. The molecule has 0 fully saturated rings. The number of benzene rings is 1. The van der Waals surface area contributed by atoms with Crippen molar-refractivity contribution in [3.63, 3.8) is 0 Å². The van der Waals surface area contributed by atoms with Crippen molar-refractivity contribution in [1.82, 2.24) is 30.3 Å². The van der Waals surface area contributed by atoms with Gasteiger partial charge in [0.15, 0.2) is 0 Å². The molecule has 0 aliphatic heterocycles. The van der Waals surface area contributed by atoms with Crippen molar-refractivity contribution in [3.8, 4) is 5.75 Å². The Bertz CT molecular complexity index is 1120. The molecule has 5 N–H and O–H groups in total. The molecule has 33 heavy (non-hydrogen) atoms. The van der Waals surface area contributed by atoms with Gasteiger partial charge in [-0.05, 0) is 19.1 Å². The number of carboxylic acids is 1. The van der Waals surface area contributed by atoms with E-state index in [4.69, 9.17) is 15.6 Å². The number of alkyl halides is 3. The molecule has 1 aromatic carbocycles. The molecule has 0 atom stereocenters. The van der Waals surface area contributed by atoms with Gasteiger partial charge in [-0.1, -0.05) is 17.3 Å². The molecule has 0 radical (unpaired) electrons. The number of phenolic OH excluding ortho intramolecular Hbond substituents is 1. The van der Waals surface area contributed by atoms with Gasteiger partial charge in [-0.15, -0.1) is 5.10 Å². The highest BCUT2D eigenvalue weighted by molar-refractivity contribution is 5.96. The summed E-state index contributed by atoms with van der Waals surface area (Å²) in [5.74, 6) is -2.10. The van der Waals surface area contributed by atoms with Gasteiger partial charge in [-0.3, -0.25) is 4.79 Å². The number of nitrogen functional groups attached to an aromatic ring is 1. The van der Waals surface area contributed by atoms with E-state index in [1.165, 1.54) is 6.07 Å². The Morgan fingerprint density at radius 3 is 2.52 bits per heavy atom. The van der Waals surface area contributed by atoms with Crippen LogP contribution in [0.1, 0.15) is 27.4 Å². The van der Waals surface area contributed by atoms with E-state index >= 15 is 0 Å². The van der Waals surface area contributed by atoms with Gasteiger partial charge in [0.2, 0.25) is 0 Å². The predicted octanol–water partition coefficient (Wildman–Crippen LogP) is 1.32. The standard InChI is InChI=1S/C17H19N7O2.C2HF3O2/c1-11-20-8-12(16(18)21-11)9-24-10-13(22-23-24)6-7-19-17(26)14-4-2-3-5-15(14)25;3-2(4,5)1(6)7/h2-5,8,10,25H,6-7,9H2,1H3,(H,19,26)(H2,18,20,21);(H,6,7). The smallest absolute Gasteiger partial charge is 0.490 e. The Morgan fingerprint density at radius 2 is 1.91 bits per heavy atom. The summed E-state index contributed by atoms with van der Waals surface area (Å²) in [6.45, 7) is 2.57.